The van der Waals surface area contributed by atoms with Crippen molar-refractivity contribution in [2.45, 2.75) is 18.9 Å². The molecule has 6 heteroatoms. The largest absolute Gasteiger partial charge is 0.493 e. The summed E-state index contributed by atoms with van der Waals surface area (Å²) in [6.07, 6.45) is 1.72. The summed E-state index contributed by atoms with van der Waals surface area (Å²) in [6, 6.07) is 9.70. The van der Waals surface area contributed by atoms with Crippen molar-refractivity contribution in [3.63, 3.8) is 0 Å². The molecule has 3 nitrogen and oxygen atoms in total. The van der Waals surface area contributed by atoms with E-state index in [1.54, 1.807) is 20.3 Å². The van der Waals surface area contributed by atoms with Crippen molar-refractivity contribution < 1.29 is 9.47 Å². The van der Waals surface area contributed by atoms with Gasteiger partial charge in [0.25, 0.3) is 0 Å². The van der Waals surface area contributed by atoms with Crippen LogP contribution in [0, 0.1) is 0 Å². The van der Waals surface area contributed by atoms with Crippen LogP contribution in [-0.2, 0) is 0 Å². The first-order valence-electron chi connectivity index (χ1n) is 8.27. The van der Waals surface area contributed by atoms with Gasteiger partial charge >= 0.3 is 0 Å². The van der Waals surface area contributed by atoms with Crippen LogP contribution in [0.4, 0.5) is 0 Å². The van der Waals surface area contributed by atoms with Crippen molar-refractivity contribution in [3.8, 4) is 11.5 Å². The predicted octanol–water partition coefficient (Wildman–Crippen LogP) is 5.58. The lowest BCUT2D eigenvalue weighted by atomic mass is 9.93. The van der Waals surface area contributed by atoms with Crippen LogP contribution < -0.4 is 14.8 Å². The van der Waals surface area contributed by atoms with Crippen molar-refractivity contribution in [2.75, 3.05) is 14.2 Å². The highest BCUT2D eigenvalue weighted by Gasteiger charge is 2.36. The Kier molecular flexibility index (Phi) is 4.59. The maximum atomic E-state index is 6.55. The second-order valence-corrected chi connectivity index (χ2v) is 7.66. The number of hydrogen-bond donors (Lipinski definition) is 1. The summed E-state index contributed by atoms with van der Waals surface area (Å²) >= 11 is 18.1. The lowest BCUT2D eigenvalue weighted by Crippen LogP contribution is -2.31. The Balaban J connectivity index is 1.98. The Hall–Kier alpha value is -1.75. The number of fused-ring (bicyclic) bond motifs is 3. The molecule has 0 bridgehead atoms. The molecule has 0 amide bonds. The smallest absolute Gasteiger partial charge is 0.161 e. The van der Waals surface area contributed by atoms with Gasteiger partial charge in [-0.1, -0.05) is 41.5 Å². The minimum Gasteiger partial charge on any atom is -0.493 e. The summed E-state index contributed by atoms with van der Waals surface area (Å²) < 4.78 is 11.0. The normalized spacial score (nSPS) is 18.3. The molecule has 4 rings (SSSR count). The molecular weight excluding hydrogens is 389 g/mol. The minimum atomic E-state index is 0.0350. The van der Waals surface area contributed by atoms with Crippen LogP contribution in [0.1, 0.15) is 35.6 Å². The molecule has 2 aromatic carbocycles. The number of thiocarbonyl (C=S) groups is 1. The Morgan fingerprint density at radius 1 is 1.00 bits per heavy atom. The Bertz CT molecular complexity index is 955. The van der Waals surface area contributed by atoms with E-state index in [4.69, 9.17) is 44.9 Å². The summed E-state index contributed by atoms with van der Waals surface area (Å²) in [7, 11) is 3.28. The highest BCUT2D eigenvalue weighted by Crippen LogP contribution is 2.51. The zero-order valence-corrected chi connectivity index (χ0v) is 16.7. The van der Waals surface area contributed by atoms with Crippen molar-refractivity contribution >= 4 is 46.0 Å². The van der Waals surface area contributed by atoms with Gasteiger partial charge in [-0.15, -0.1) is 0 Å². The highest BCUT2D eigenvalue weighted by atomic mass is 35.5. The fraction of sp³-hybridized carbons (Fsp3) is 0.250. The van der Waals surface area contributed by atoms with Gasteiger partial charge in [-0.05, 0) is 53.0 Å². The number of nitrogens with one attached hydrogen (secondary N) is 1. The third-order valence-corrected chi connectivity index (χ3v) is 5.80. The monoisotopic (exact) mass is 405 g/mol. The highest BCUT2D eigenvalue weighted by molar-refractivity contribution is 7.80. The van der Waals surface area contributed by atoms with E-state index in [0.717, 1.165) is 40.1 Å². The average molecular weight is 406 g/mol. The summed E-state index contributed by atoms with van der Waals surface area (Å²) in [5, 5.41) is 4.72. The first-order chi connectivity index (χ1) is 12.5. The van der Waals surface area contributed by atoms with Crippen molar-refractivity contribution in [1.29, 1.82) is 0 Å². The molecule has 0 radical (unpaired) electrons. The summed E-state index contributed by atoms with van der Waals surface area (Å²) in [4.78, 5) is 0.878. The molecule has 0 aromatic heterocycles. The van der Waals surface area contributed by atoms with Gasteiger partial charge in [-0.2, -0.15) is 0 Å². The topological polar surface area (TPSA) is 30.5 Å². The van der Waals surface area contributed by atoms with Gasteiger partial charge in [0.15, 0.2) is 11.5 Å². The summed E-state index contributed by atoms with van der Waals surface area (Å²) in [5.74, 6) is 1.39. The second-order valence-electron chi connectivity index (χ2n) is 6.32. The number of benzene rings is 2. The Labute approximate surface area is 167 Å². The number of hydrogen-bond acceptors (Lipinski definition) is 3. The van der Waals surface area contributed by atoms with Crippen LogP contribution in [0.2, 0.25) is 10.0 Å². The number of rotatable bonds is 3. The molecule has 2 aromatic rings. The first-order valence-corrected chi connectivity index (χ1v) is 9.44. The minimum absolute atomic E-state index is 0.0350. The lowest BCUT2D eigenvalue weighted by Gasteiger charge is -2.26. The van der Waals surface area contributed by atoms with Crippen molar-refractivity contribution in [2.24, 2.45) is 0 Å². The van der Waals surface area contributed by atoms with Gasteiger partial charge in [0, 0.05) is 22.0 Å². The molecule has 26 heavy (non-hydrogen) atoms. The van der Waals surface area contributed by atoms with Crippen LogP contribution in [-0.4, -0.2) is 19.2 Å². The molecule has 0 spiro atoms. The van der Waals surface area contributed by atoms with E-state index in [1.807, 2.05) is 24.3 Å². The molecule has 1 atom stereocenters. The molecule has 1 heterocycles. The van der Waals surface area contributed by atoms with E-state index in [1.165, 1.54) is 5.57 Å². The molecule has 0 saturated carbocycles. The van der Waals surface area contributed by atoms with E-state index in [-0.39, 0.29) is 6.04 Å². The zero-order valence-electron chi connectivity index (χ0n) is 14.4. The predicted molar refractivity (Wildman–Crippen MR) is 110 cm³/mol. The maximum Gasteiger partial charge on any atom is 0.161 e. The van der Waals surface area contributed by atoms with E-state index < -0.39 is 0 Å². The van der Waals surface area contributed by atoms with Gasteiger partial charge in [-0.25, -0.2) is 0 Å². The Morgan fingerprint density at radius 2 is 1.73 bits per heavy atom. The molecular formula is C20H17Cl2NO2S. The maximum absolute atomic E-state index is 6.55. The third-order valence-electron chi connectivity index (χ3n) is 4.93. The van der Waals surface area contributed by atoms with Crippen LogP contribution in [0.15, 0.2) is 35.9 Å². The van der Waals surface area contributed by atoms with E-state index in [2.05, 4.69) is 5.32 Å². The molecule has 1 aliphatic heterocycles. The lowest BCUT2D eigenvalue weighted by molar-refractivity contribution is 0.354. The van der Waals surface area contributed by atoms with Gasteiger partial charge in [0.05, 0.1) is 25.2 Å². The van der Waals surface area contributed by atoms with Crippen molar-refractivity contribution in [3.05, 3.63) is 62.6 Å². The molecule has 2 aliphatic rings. The number of methoxy groups -OCH3 is 2. The van der Waals surface area contributed by atoms with Gasteiger partial charge in [0.1, 0.15) is 0 Å². The quantitative estimate of drug-likeness (QED) is 0.675. The third kappa shape index (κ3) is 2.77. The van der Waals surface area contributed by atoms with Gasteiger partial charge < -0.3 is 14.8 Å². The first kappa shape index (κ1) is 17.7. The van der Waals surface area contributed by atoms with Gasteiger partial charge in [-0.3, -0.25) is 0 Å². The second kappa shape index (κ2) is 6.76. The van der Waals surface area contributed by atoms with Crippen molar-refractivity contribution in [1.82, 2.24) is 5.32 Å². The van der Waals surface area contributed by atoms with Crippen LogP contribution in [0.25, 0.3) is 5.57 Å². The average Bonchev–Trinajstić information content (AvgIpc) is 2.93. The van der Waals surface area contributed by atoms with Crippen LogP contribution in [0.3, 0.4) is 0 Å². The van der Waals surface area contributed by atoms with Crippen LogP contribution >= 0.6 is 35.4 Å². The SMILES string of the molecule is COc1cc2c(cc1OC)C1NC(=S)CCC1=C2c1ccc(Cl)cc1Cl. The molecule has 1 saturated heterocycles. The van der Waals surface area contributed by atoms with E-state index in [0.29, 0.717) is 21.5 Å². The van der Waals surface area contributed by atoms with E-state index in [9.17, 15) is 0 Å². The number of halogens is 2. The molecule has 1 N–H and O–H groups in total. The standard InChI is InChI=1S/C20H17Cl2NO2S/c1-24-16-8-13-14(9-17(16)25-2)20-12(5-6-18(26)23-20)19(13)11-4-3-10(21)7-15(11)22/h3-4,7-9,20H,5-6H2,1-2H3,(H,23,26). The van der Waals surface area contributed by atoms with Crippen LogP contribution in [0.5, 0.6) is 11.5 Å². The summed E-state index contributed by atoms with van der Waals surface area (Å²) in [5.41, 5.74) is 5.59. The Morgan fingerprint density at radius 3 is 2.42 bits per heavy atom. The fourth-order valence-corrected chi connectivity index (χ4v) is 4.50. The molecule has 134 valence electrons. The summed E-state index contributed by atoms with van der Waals surface area (Å²) in [6.45, 7) is 0. The zero-order chi connectivity index (χ0) is 18.4. The molecule has 1 unspecified atom stereocenters. The van der Waals surface area contributed by atoms with E-state index >= 15 is 0 Å². The fourth-order valence-electron chi connectivity index (χ4n) is 3.78. The number of ether oxygens (including phenoxy) is 2. The molecule has 1 aliphatic carbocycles. The van der Waals surface area contributed by atoms with Gasteiger partial charge in [0.2, 0.25) is 0 Å². The molecule has 1 fully saturated rings. The number of piperidine rings is 1.